The Bertz CT molecular complexity index is 629. The van der Waals surface area contributed by atoms with Crippen LogP contribution in [0.1, 0.15) is 0 Å². The van der Waals surface area contributed by atoms with Crippen LogP contribution in [0.2, 0.25) is 5.02 Å². The minimum absolute atomic E-state index is 0.714. The first-order valence-electron chi connectivity index (χ1n) is 5.03. The van der Waals surface area contributed by atoms with Gasteiger partial charge in [0.05, 0.1) is 11.2 Å². The maximum absolute atomic E-state index is 5.92. The van der Waals surface area contributed by atoms with E-state index in [4.69, 9.17) is 11.6 Å². The first-order chi connectivity index (χ1) is 7.83. The highest BCUT2D eigenvalue weighted by Crippen LogP contribution is 2.19. The van der Waals surface area contributed by atoms with Crippen LogP contribution in [-0.4, -0.2) is 9.78 Å². The molecule has 0 radical (unpaired) electrons. The molecule has 0 N–H and O–H groups in total. The van der Waals surface area contributed by atoms with Gasteiger partial charge in [0.15, 0.2) is 0 Å². The van der Waals surface area contributed by atoms with Crippen LogP contribution in [0, 0.1) is 0 Å². The summed E-state index contributed by atoms with van der Waals surface area (Å²) >= 11 is 5.92. The highest BCUT2D eigenvalue weighted by molar-refractivity contribution is 6.31. The number of halogens is 1. The number of nitrogens with zero attached hydrogens (tertiary/aromatic N) is 2. The molecule has 16 heavy (non-hydrogen) atoms. The zero-order chi connectivity index (χ0) is 11.0. The highest BCUT2D eigenvalue weighted by atomic mass is 35.5. The van der Waals surface area contributed by atoms with E-state index in [9.17, 15) is 0 Å². The molecule has 2 aromatic carbocycles. The van der Waals surface area contributed by atoms with Crippen molar-refractivity contribution >= 4 is 22.5 Å². The van der Waals surface area contributed by atoms with Crippen LogP contribution in [0.3, 0.4) is 0 Å². The van der Waals surface area contributed by atoms with E-state index in [1.807, 2.05) is 59.4 Å². The molecule has 0 spiro atoms. The first-order valence-corrected chi connectivity index (χ1v) is 5.41. The summed E-state index contributed by atoms with van der Waals surface area (Å²) in [7, 11) is 0. The molecule has 0 aliphatic rings. The van der Waals surface area contributed by atoms with Crippen LogP contribution >= 0.6 is 11.6 Å². The number of hydrogen-bond donors (Lipinski definition) is 0. The Morgan fingerprint density at radius 3 is 2.62 bits per heavy atom. The quantitative estimate of drug-likeness (QED) is 0.621. The number of para-hydroxylation sites is 1. The van der Waals surface area contributed by atoms with Gasteiger partial charge < -0.3 is 0 Å². The maximum atomic E-state index is 5.92. The van der Waals surface area contributed by atoms with Crippen LogP contribution in [0.4, 0.5) is 0 Å². The predicted octanol–water partition coefficient (Wildman–Crippen LogP) is 3.68. The van der Waals surface area contributed by atoms with Crippen LogP contribution in [0.15, 0.2) is 54.7 Å². The monoisotopic (exact) mass is 228 g/mol. The van der Waals surface area contributed by atoms with Gasteiger partial charge in [0, 0.05) is 16.6 Å². The summed E-state index contributed by atoms with van der Waals surface area (Å²) in [5.41, 5.74) is 1.96. The molecule has 0 unspecified atom stereocenters. The van der Waals surface area contributed by atoms with Gasteiger partial charge in [-0.25, -0.2) is 4.68 Å². The summed E-state index contributed by atoms with van der Waals surface area (Å²) in [4.78, 5) is 0. The zero-order valence-electron chi connectivity index (χ0n) is 8.47. The molecule has 0 aliphatic heterocycles. The molecule has 3 heteroatoms. The van der Waals surface area contributed by atoms with Crippen molar-refractivity contribution in [3.63, 3.8) is 0 Å². The van der Waals surface area contributed by atoms with Crippen LogP contribution in [-0.2, 0) is 0 Å². The van der Waals surface area contributed by atoms with E-state index >= 15 is 0 Å². The molecule has 0 amide bonds. The Balaban J connectivity index is 2.19. The summed E-state index contributed by atoms with van der Waals surface area (Å²) in [5.74, 6) is 0. The van der Waals surface area contributed by atoms with Crippen LogP contribution in [0.25, 0.3) is 16.6 Å². The second-order valence-corrected chi connectivity index (χ2v) is 4.05. The van der Waals surface area contributed by atoms with Crippen molar-refractivity contribution in [2.45, 2.75) is 0 Å². The fourth-order valence-corrected chi connectivity index (χ4v) is 1.87. The lowest BCUT2D eigenvalue weighted by molar-refractivity contribution is 0.896. The van der Waals surface area contributed by atoms with E-state index in [0.29, 0.717) is 5.02 Å². The van der Waals surface area contributed by atoms with Gasteiger partial charge in [-0.1, -0.05) is 29.8 Å². The Labute approximate surface area is 98.1 Å². The lowest BCUT2D eigenvalue weighted by Gasteiger charge is -1.98. The average Bonchev–Trinajstić information content (AvgIpc) is 2.73. The number of aromatic nitrogens is 2. The number of benzene rings is 2. The SMILES string of the molecule is Clc1ccc2cn(-c3ccccc3)nc2c1. The van der Waals surface area contributed by atoms with E-state index < -0.39 is 0 Å². The zero-order valence-corrected chi connectivity index (χ0v) is 9.22. The minimum Gasteiger partial charge on any atom is -0.240 e. The Morgan fingerprint density at radius 1 is 1.00 bits per heavy atom. The molecule has 0 saturated carbocycles. The third-order valence-corrected chi connectivity index (χ3v) is 2.73. The Kier molecular flexibility index (Phi) is 2.15. The molecular weight excluding hydrogens is 220 g/mol. The summed E-state index contributed by atoms with van der Waals surface area (Å²) in [6.45, 7) is 0. The fraction of sp³-hybridized carbons (Fsp3) is 0. The van der Waals surface area contributed by atoms with Gasteiger partial charge in [-0.3, -0.25) is 0 Å². The molecule has 0 saturated heterocycles. The molecule has 1 heterocycles. The number of rotatable bonds is 1. The molecule has 0 aliphatic carbocycles. The van der Waals surface area contributed by atoms with Gasteiger partial charge in [0.25, 0.3) is 0 Å². The molecule has 0 fully saturated rings. The van der Waals surface area contributed by atoms with Gasteiger partial charge in [-0.15, -0.1) is 0 Å². The standard InChI is InChI=1S/C13H9ClN2/c14-11-7-6-10-9-16(15-13(10)8-11)12-4-2-1-3-5-12/h1-9H. The van der Waals surface area contributed by atoms with E-state index in [-0.39, 0.29) is 0 Å². The van der Waals surface area contributed by atoms with Crippen LogP contribution in [0.5, 0.6) is 0 Å². The van der Waals surface area contributed by atoms with Gasteiger partial charge in [0.1, 0.15) is 0 Å². The third-order valence-electron chi connectivity index (χ3n) is 2.49. The van der Waals surface area contributed by atoms with Crippen molar-refractivity contribution < 1.29 is 0 Å². The number of hydrogen-bond acceptors (Lipinski definition) is 1. The van der Waals surface area contributed by atoms with Crippen LogP contribution < -0.4 is 0 Å². The Hall–Kier alpha value is -1.80. The second-order valence-electron chi connectivity index (χ2n) is 3.61. The summed E-state index contributed by atoms with van der Waals surface area (Å²) in [5, 5.41) is 6.28. The molecule has 1 aromatic heterocycles. The van der Waals surface area contributed by atoms with E-state index in [1.165, 1.54) is 0 Å². The summed E-state index contributed by atoms with van der Waals surface area (Å²) in [6.07, 6.45) is 2.00. The largest absolute Gasteiger partial charge is 0.240 e. The topological polar surface area (TPSA) is 17.8 Å². The first kappa shape index (κ1) is 9.43. The normalized spacial score (nSPS) is 10.8. The van der Waals surface area contributed by atoms with Crippen molar-refractivity contribution in [1.29, 1.82) is 0 Å². The van der Waals surface area contributed by atoms with Gasteiger partial charge in [0.2, 0.25) is 0 Å². The van der Waals surface area contributed by atoms with E-state index in [1.54, 1.807) is 0 Å². The molecule has 3 rings (SSSR count). The van der Waals surface area contributed by atoms with Crippen molar-refractivity contribution in [3.8, 4) is 5.69 Å². The Morgan fingerprint density at radius 2 is 1.81 bits per heavy atom. The van der Waals surface area contributed by atoms with Gasteiger partial charge in [-0.2, -0.15) is 5.10 Å². The van der Waals surface area contributed by atoms with Crippen molar-refractivity contribution in [2.24, 2.45) is 0 Å². The average molecular weight is 229 g/mol. The molecule has 78 valence electrons. The summed E-state index contributed by atoms with van der Waals surface area (Å²) in [6, 6.07) is 15.7. The van der Waals surface area contributed by atoms with E-state index in [2.05, 4.69) is 5.10 Å². The summed E-state index contributed by atoms with van der Waals surface area (Å²) < 4.78 is 1.86. The lowest BCUT2D eigenvalue weighted by atomic mass is 10.3. The highest BCUT2D eigenvalue weighted by Gasteiger charge is 2.02. The number of fused-ring (bicyclic) bond motifs is 1. The van der Waals surface area contributed by atoms with E-state index in [0.717, 1.165) is 16.6 Å². The predicted molar refractivity (Wildman–Crippen MR) is 66.1 cm³/mol. The molecule has 0 bridgehead atoms. The molecule has 2 nitrogen and oxygen atoms in total. The fourth-order valence-electron chi connectivity index (χ4n) is 1.70. The molecule has 0 atom stereocenters. The second kappa shape index (κ2) is 3.65. The van der Waals surface area contributed by atoms with Gasteiger partial charge in [-0.05, 0) is 30.3 Å². The van der Waals surface area contributed by atoms with Crippen molar-refractivity contribution in [2.75, 3.05) is 0 Å². The minimum atomic E-state index is 0.714. The molecule has 3 aromatic rings. The third kappa shape index (κ3) is 1.57. The molecular formula is C13H9ClN2. The van der Waals surface area contributed by atoms with Crippen molar-refractivity contribution in [1.82, 2.24) is 9.78 Å². The lowest BCUT2D eigenvalue weighted by Crippen LogP contribution is -1.92. The maximum Gasteiger partial charge on any atom is 0.0942 e. The smallest absolute Gasteiger partial charge is 0.0942 e. The van der Waals surface area contributed by atoms with Crippen molar-refractivity contribution in [3.05, 3.63) is 59.8 Å². The van der Waals surface area contributed by atoms with Gasteiger partial charge >= 0.3 is 0 Å².